The van der Waals surface area contributed by atoms with Crippen molar-refractivity contribution in [1.82, 2.24) is 0 Å². The van der Waals surface area contributed by atoms with E-state index in [1.54, 1.807) is 0 Å². The molecule has 98 valence electrons. The lowest BCUT2D eigenvalue weighted by Crippen LogP contribution is -2.33. The second-order valence-electron chi connectivity index (χ2n) is 5.05. The minimum Gasteiger partial charge on any atom is -0.481 e. The molecule has 1 N–H and O–H groups in total. The fourth-order valence-electron chi connectivity index (χ4n) is 2.73. The van der Waals surface area contributed by atoms with Crippen LogP contribution in [-0.4, -0.2) is 16.3 Å². The summed E-state index contributed by atoms with van der Waals surface area (Å²) in [6.45, 7) is 3.98. The molecular weight excluding hydrogens is 244 g/mol. The maximum atomic E-state index is 11.5. The lowest BCUT2D eigenvalue weighted by molar-refractivity contribution is -0.150. The summed E-state index contributed by atoms with van der Waals surface area (Å²) in [5, 5.41) is 9.91. The molecule has 2 rings (SSSR count). The van der Waals surface area contributed by atoms with Gasteiger partial charge in [0.25, 0.3) is 0 Å². The normalized spacial score (nSPS) is 18.7. The highest BCUT2D eigenvalue weighted by molar-refractivity contribution is 8.00. The van der Waals surface area contributed by atoms with Crippen LogP contribution in [0.2, 0.25) is 0 Å². The van der Waals surface area contributed by atoms with Gasteiger partial charge >= 0.3 is 5.97 Å². The van der Waals surface area contributed by atoms with E-state index in [1.807, 2.05) is 25.6 Å². The van der Waals surface area contributed by atoms with E-state index < -0.39 is 11.4 Å². The van der Waals surface area contributed by atoms with Gasteiger partial charge in [-0.1, -0.05) is 32.0 Å². The number of aliphatic carboxylic acids is 1. The summed E-state index contributed by atoms with van der Waals surface area (Å²) >= 11 is 1.85. The van der Waals surface area contributed by atoms with Gasteiger partial charge in [-0.25, -0.2) is 0 Å². The van der Waals surface area contributed by atoms with Gasteiger partial charge in [-0.05, 0) is 37.3 Å². The molecule has 3 heteroatoms. The summed E-state index contributed by atoms with van der Waals surface area (Å²) < 4.78 is 0. The Kier molecular flexibility index (Phi) is 4.00. The number of carboxylic acid groups (broad SMARTS) is 1. The van der Waals surface area contributed by atoms with Crippen molar-refractivity contribution in [2.75, 3.05) is 0 Å². The molecular formula is C15H20O2S. The van der Waals surface area contributed by atoms with Gasteiger partial charge in [-0.15, -0.1) is 11.8 Å². The van der Waals surface area contributed by atoms with Crippen molar-refractivity contribution < 1.29 is 9.90 Å². The smallest absolute Gasteiger partial charge is 0.309 e. The largest absolute Gasteiger partial charge is 0.481 e. The topological polar surface area (TPSA) is 37.3 Å². The molecule has 0 saturated carbocycles. The van der Waals surface area contributed by atoms with Gasteiger partial charge in [0.05, 0.1) is 5.41 Å². The average Bonchev–Trinajstić information content (AvgIpc) is 2.77. The number of carboxylic acids is 1. The van der Waals surface area contributed by atoms with E-state index in [-0.39, 0.29) is 0 Å². The van der Waals surface area contributed by atoms with E-state index in [4.69, 9.17) is 0 Å². The number of thioether (sulfide) groups is 1. The van der Waals surface area contributed by atoms with Gasteiger partial charge in [0.1, 0.15) is 0 Å². The molecule has 1 heterocycles. The lowest BCUT2D eigenvalue weighted by Gasteiger charge is -2.29. The van der Waals surface area contributed by atoms with E-state index in [2.05, 4.69) is 24.3 Å². The predicted molar refractivity (Wildman–Crippen MR) is 75.1 cm³/mol. The SMILES string of the molecule is CCC(CC)(CC1Cc2ccccc2S1)C(=O)O. The van der Waals surface area contributed by atoms with Crippen molar-refractivity contribution in [3.05, 3.63) is 29.8 Å². The Morgan fingerprint density at radius 3 is 2.61 bits per heavy atom. The van der Waals surface area contributed by atoms with Gasteiger partial charge in [-0.3, -0.25) is 4.79 Å². The standard InChI is InChI=1S/C15H20O2S/c1-3-15(4-2,14(16)17)10-12-9-11-7-5-6-8-13(11)18-12/h5-8,12H,3-4,9-10H2,1-2H3,(H,16,17). The van der Waals surface area contributed by atoms with Crippen molar-refractivity contribution in [2.24, 2.45) is 5.41 Å². The molecule has 0 aromatic heterocycles. The van der Waals surface area contributed by atoms with Crippen LogP contribution >= 0.6 is 11.8 Å². The van der Waals surface area contributed by atoms with E-state index in [9.17, 15) is 9.90 Å². The third kappa shape index (κ3) is 2.41. The van der Waals surface area contributed by atoms with Crippen molar-refractivity contribution >= 4 is 17.7 Å². The molecule has 0 radical (unpaired) electrons. The highest BCUT2D eigenvalue weighted by Crippen LogP contribution is 2.44. The molecule has 1 aliphatic heterocycles. The Morgan fingerprint density at radius 1 is 1.39 bits per heavy atom. The monoisotopic (exact) mass is 264 g/mol. The number of carbonyl (C=O) groups is 1. The highest BCUT2D eigenvalue weighted by Gasteiger charge is 2.39. The number of fused-ring (bicyclic) bond motifs is 1. The zero-order chi connectivity index (χ0) is 13.2. The van der Waals surface area contributed by atoms with Gasteiger partial charge < -0.3 is 5.11 Å². The fraction of sp³-hybridized carbons (Fsp3) is 0.533. The van der Waals surface area contributed by atoms with Crippen LogP contribution < -0.4 is 0 Å². The summed E-state index contributed by atoms with van der Waals surface area (Å²) in [5.74, 6) is -0.635. The van der Waals surface area contributed by atoms with E-state index in [0.29, 0.717) is 18.1 Å². The number of rotatable bonds is 5. The molecule has 2 nitrogen and oxygen atoms in total. The van der Waals surface area contributed by atoms with Crippen molar-refractivity contribution in [3.63, 3.8) is 0 Å². The van der Waals surface area contributed by atoms with Crippen LogP contribution in [0.25, 0.3) is 0 Å². The quantitative estimate of drug-likeness (QED) is 0.874. The summed E-state index contributed by atoms with van der Waals surface area (Å²) in [6.07, 6.45) is 3.21. The first-order valence-electron chi connectivity index (χ1n) is 6.59. The second kappa shape index (κ2) is 5.35. The summed E-state index contributed by atoms with van der Waals surface area (Å²) in [6, 6.07) is 8.41. The molecule has 1 aromatic carbocycles. The minimum atomic E-state index is -0.635. The Morgan fingerprint density at radius 2 is 2.06 bits per heavy atom. The Balaban J connectivity index is 2.10. The van der Waals surface area contributed by atoms with Gasteiger partial charge in [0.15, 0.2) is 0 Å². The number of benzene rings is 1. The number of hydrogen-bond acceptors (Lipinski definition) is 2. The molecule has 0 spiro atoms. The zero-order valence-electron chi connectivity index (χ0n) is 11.0. The van der Waals surface area contributed by atoms with Crippen LogP contribution in [0.5, 0.6) is 0 Å². The molecule has 1 aliphatic rings. The molecule has 0 amide bonds. The lowest BCUT2D eigenvalue weighted by atomic mass is 9.77. The van der Waals surface area contributed by atoms with Crippen molar-refractivity contribution in [2.45, 2.75) is 49.7 Å². The van der Waals surface area contributed by atoms with Crippen molar-refractivity contribution in [1.29, 1.82) is 0 Å². The highest BCUT2D eigenvalue weighted by atomic mass is 32.2. The summed E-state index contributed by atoms with van der Waals surface area (Å²) in [5.41, 5.74) is 0.832. The van der Waals surface area contributed by atoms with Crippen LogP contribution in [0.1, 0.15) is 38.7 Å². The third-order valence-corrected chi connectivity index (χ3v) is 5.46. The second-order valence-corrected chi connectivity index (χ2v) is 6.39. The minimum absolute atomic E-state index is 0.415. The van der Waals surface area contributed by atoms with E-state index in [0.717, 1.165) is 12.8 Å². The first-order valence-corrected chi connectivity index (χ1v) is 7.47. The van der Waals surface area contributed by atoms with Gasteiger partial charge in [0.2, 0.25) is 0 Å². The zero-order valence-corrected chi connectivity index (χ0v) is 11.8. The van der Waals surface area contributed by atoms with Crippen molar-refractivity contribution in [3.8, 4) is 0 Å². The molecule has 0 aliphatic carbocycles. The molecule has 0 fully saturated rings. The van der Waals surface area contributed by atoms with Crippen LogP contribution in [0.3, 0.4) is 0 Å². The Bertz CT molecular complexity index is 413. The maximum Gasteiger partial charge on any atom is 0.309 e. The molecule has 18 heavy (non-hydrogen) atoms. The third-order valence-electron chi connectivity index (χ3n) is 4.14. The molecule has 0 saturated heterocycles. The van der Waals surface area contributed by atoms with Crippen LogP contribution in [0, 0.1) is 5.41 Å². The molecule has 1 unspecified atom stereocenters. The van der Waals surface area contributed by atoms with Crippen LogP contribution in [-0.2, 0) is 11.2 Å². The molecule has 1 atom stereocenters. The summed E-state index contributed by atoms with van der Waals surface area (Å²) in [4.78, 5) is 12.9. The van der Waals surface area contributed by atoms with Gasteiger partial charge in [0, 0.05) is 10.1 Å². The molecule has 1 aromatic rings. The first kappa shape index (κ1) is 13.5. The van der Waals surface area contributed by atoms with E-state index >= 15 is 0 Å². The van der Waals surface area contributed by atoms with Gasteiger partial charge in [-0.2, -0.15) is 0 Å². The number of hydrogen-bond donors (Lipinski definition) is 1. The predicted octanol–water partition coefficient (Wildman–Crippen LogP) is 3.98. The summed E-state index contributed by atoms with van der Waals surface area (Å²) in [7, 11) is 0. The van der Waals surface area contributed by atoms with Crippen LogP contribution in [0.4, 0.5) is 0 Å². The maximum absolute atomic E-state index is 11.5. The van der Waals surface area contributed by atoms with E-state index in [1.165, 1.54) is 10.5 Å². The first-order chi connectivity index (χ1) is 8.61. The fourth-order valence-corrected chi connectivity index (χ4v) is 4.22. The average molecular weight is 264 g/mol. The molecule has 0 bridgehead atoms. The van der Waals surface area contributed by atoms with Crippen LogP contribution in [0.15, 0.2) is 29.2 Å². The Hall–Kier alpha value is -0.960. The Labute approximate surface area is 113 Å².